The second kappa shape index (κ2) is 7.09. The fourth-order valence-corrected chi connectivity index (χ4v) is 2.15. The van der Waals surface area contributed by atoms with Crippen LogP contribution >= 0.6 is 11.6 Å². The molecule has 2 aromatic carbocycles. The Balaban J connectivity index is 2.27. The van der Waals surface area contributed by atoms with Crippen molar-refractivity contribution >= 4 is 29.0 Å². The van der Waals surface area contributed by atoms with Gasteiger partial charge in [-0.3, -0.25) is 9.59 Å². The molecule has 1 amide bonds. The highest BCUT2D eigenvalue weighted by molar-refractivity contribution is 6.31. The van der Waals surface area contributed by atoms with E-state index >= 15 is 0 Å². The van der Waals surface area contributed by atoms with Crippen molar-refractivity contribution < 1.29 is 14.3 Å². The second-order valence-corrected chi connectivity index (χ2v) is 5.10. The molecule has 4 nitrogen and oxygen atoms in total. The van der Waals surface area contributed by atoms with Gasteiger partial charge in [-0.15, -0.1) is 0 Å². The SMILES string of the molecule is CCOc1ccc(Cl)cc1C(=O)Nc1cccc(C(C)=O)c1. The number of ether oxygens (including phenoxy) is 1. The van der Waals surface area contributed by atoms with Crippen molar-refractivity contribution in [2.45, 2.75) is 13.8 Å². The number of Topliss-reactive ketones (excluding diaryl/α,β-unsaturated/α-hetero) is 1. The minimum Gasteiger partial charge on any atom is -0.493 e. The van der Waals surface area contributed by atoms with Crippen molar-refractivity contribution in [3.8, 4) is 5.75 Å². The summed E-state index contributed by atoms with van der Waals surface area (Å²) in [6.45, 7) is 3.76. The summed E-state index contributed by atoms with van der Waals surface area (Å²) in [5.74, 6) is 0.0626. The molecule has 0 heterocycles. The molecular weight excluding hydrogens is 302 g/mol. The van der Waals surface area contributed by atoms with Crippen LogP contribution in [0.4, 0.5) is 5.69 Å². The molecule has 0 aliphatic heterocycles. The van der Waals surface area contributed by atoms with Crippen LogP contribution in [-0.2, 0) is 0 Å². The lowest BCUT2D eigenvalue weighted by Crippen LogP contribution is -2.14. The Labute approximate surface area is 134 Å². The zero-order valence-corrected chi connectivity index (χ0v) is 13.1. The van der Waals surface area contributed by atoms with E-state index < -0.39 is 0 Å². The molecule has 0 aliphatic carbocycles. The number of anilines is 1. The third-order valence-electron chi connectivity index (χ3n) is 3.01. The summed E-state index contributed by atoms with van der Waals surface area (Å²) in [7, 11) is 0. The van der Waals surface area contributed by atoms with Crippen LogP contribution in [0.1, 0.15) is 34.6 Å². The van der Waals surface area contributed by atoms with Gasteiger partial charge in [-0.1, -0.05) is 23.7 Å². The highest BCUT2D eigenvalue weighted by atomic mass is 35.5. The molecule has 22 heavy (non-hydrogen) atoms. The lowest BCUT2D eigenvalue weighted by Gasteiger charge is -2.11. The molecule has 2 rings (SSSR count). The van der Waals surface area contributed by atoms with Gasteiger partial charge in [0, 0.05) is 16.3 Å². The average Bonchev–Trinajstić information content (AvgIpc) is 2.49. The van der Waals surface area contributed by atoms with E-state index in [1.807, 2.05) is 6.92 Å². The van der Waals surface area contributed by atoms with E-state index in [1.54, 1.807) is 42.5 Å². The van der Waals surface area contributed by atoms with Crippen LogP contribution in [0.3, 0.4) is 0 Å². The predicted molar refractivity (Wildman–Crippen MR) is 87.0 cm³/mol. The third-order valence-corrected chi connectivity index (χ3v) is 3.25. The van der Waals surface area contributed by atoms with Crippen LogP contribution in [0, 0.1) is 0 Å². The van der Waals surface area contributed by atoms with Crippen LogP contribution in [0.5, 0.6) is 5.75 Å². The zero-order chi connectivity index (χ0) is 16.1. The number of carbonyl (C=O) groups excluding carboxylic acids is 2. The Morgan fingerprint density at radius 3 is 2.64 bits per heavy atom. The molecule has 0 fully saturated rings. The van der Waals surface area contributed by atoms with Gasteiger partial charge in [0.1, 0.15) is 5.75 Å². The van der Waals surface area contributed by atoms with Crippen LogP contribution in [0.2, 0.25) is 5.02 Å². The van der Waals surface area contributed by atoms with Crippen LogP contribution in [0.15, 0.2) is 42.5 Å². The van der Waals surface area contributed by atoms with Crippen molar-refractivity contribution in [3.05, 3.63) is 58.6 Å². The predicted octanol–water partition coefficient (Wildman–Crippen LogP) is 4.19. The molecule has 0 radical (unpaired) electrons. The number of halogens is 1. The minimum atomic E-state index is -0.341. The molecular formula is C17H16ClNO3. The Bertz CT molecular complexity index is 713. The molecule has 0 unspecified atom stereocenters. The molecule has 114 valence electrons. The quantitative estimate of drug-likeness (QED) is 0.841. The van der Waals surface area contributed by atoms with E-state index in [-0.39, 0.29) is 11.7 Å². The van der Waals surface area contributed by atoms with Crippen molar-refractivity contribution in [3.63, 3.8) is 0 Å². The Hall–Kier alpha value is -2.33. The van der Waals surface area contributed by atoms with Gasteiger partial charge in [0.15, 0.2) is 5.78 Å². The van der Waals surface area contributed by atoms with E-state index in [1.165, 1.54) is 6.92 Å². The van der Waals surface area contributed by atoms with Gasteiger partial charge in [-0.2, -0.15) is 0 Å². The first-order valence-corrected chi connectivity index (χ1v) is 7.23. The van der Waals surface area contributed by atoms with E-state index in [0.29, 0.717) is 34.2 Å². The van der Waals surface area contributed by atoms with Gasteiger partial charge in [0.25, 0.3) is 5.91 Å². The lowest BCUT2D eigenvalue weighted by molar-refractivity contribution is 0.100. The number of benzene rings is 2. The third kappa shape index (κ3) is 3.86. The monoisotopic (exact) mass is 317 g/mol. The summed E-state index contributed by atoms with van der Waals surface area (Å²) < 4.78 is 5.44. The smallest absolute Gasteiger partial charge is 0.259 e. The van der Waals surface area contributed by atoms with E-state index in [4.69, 9.17) is 16.3 Å². The summed E-state index contributed by atoms with van der Waals surface area (Å²) in [5, 5.41) is 3.20. The summed E-state index contributed by atoms with van der Waals surface area (Å²) in [6, 6.07) is 11.6. The lowest BCUT2D eigenvalue weighted by atomic mass is 10.1. The first-order valence-electron chi connectivity index (χ1n) is 6.86. The summed E-state index contributed by atoms with van der Waals surface area (Å²) in [4.78, 5) is 23.8. The summed E-state index contributed by atoms with van der Waals surface area (Å²) in [5.41, 5.74) is 1.43. The standard InChI is InChI=1S/C17H16ClNO3/c1-3-22-16-8-7-13(18)10-15(16)17(21)19-14-6-4-5-12(9-14)11(2)20/h4-10H,3H2,1-2H3,(H,19,21). The molecule has 0 aliphatic rings. The zero-order valence-electron chi connectivity index (χ0n) is 12.4. The molecule has 5 heteroatoms. The Morgan fingerprint density at radius 2 is 1.95 bits per heavy atom. The number of hydrogen-bond donors (Lipinski definition) is 1. The fourth-order valence-electron chi connectivity index (χ4n) is 1.98. The normalized spacial score (nSPS) is 10.1. The average molecular weight is 318 g/mol. The maximum Gasteiger partial charge on any atom is 0.259 e. The minimum absolute atomic E-state index is 0.0612. The van der Waals surface area contributed by atoms with Crippen molar-refractivity contribution in [1.29, 1.82) is 0 Å². The van der Waals surface area contributed by atoms with Crippen LogP contribution in [-0.4, -0.2) is 18.3 Å². The highest BCUT2D eigenvalue weighted by Crippen LogP contribution is 2.24. The van der Waals surface area contributed by atoms with Gasteiger partial charge in [-0.25, -0.2) is 0 Å². The molecule has 0 spiro atoms. The first kappa shape index (κ1) is 16.0. The van der Waals surface area contributed by atoms with Crippen molar-refractivity contribution in [2.75, 3.05) is 11.9 Å². The number of nitrogens with one attached hydrogen (secondary N) is 1. The number of carbonyl (C=O) groups is 2. The molecule has 0 atom stereocenters. The van der Waals surface area contributed by atoms with E-state index in [2.05, 4.69) is 5.32 Å². The van der Waals surface area contributed by atoms with E-state index in [9.17, 15) is 9.59 Å². The van der Waals surface area contributed by atoms with Gasteiger partial charge < -0.3 is 10.1 Å². The van der Waals surface area contributed by atoms with Crippen molar-refractivity contribution in [2.24, 2.45) is 0 Å². The maximum atomic E-state index is 12.4. The summed E-state index contributed by atoms with van der Waals surface area (Å²) in [6.07, 6.45) is 0. The molecule has 0 aromatic heterocycles. The van der Waals surface area contributed by atoms with Gasteiger partial charge in [0.2, 0.25) is 0 Å². The molecule has 0 saturated heterocycles. The molecule has 2 aromatic rings. The number of amides is 1. The maximum absolute atomic E-state index is 12.4. The topological polar surface area (TPSA) is 55.4 Å². The second-order valence-electron chi connectivity index (χ2n) is 4.66. The molecule has 1 N–H and O–H groups in total. The first-order chi connectivity index (χ1) is 10.5. The largest absolute Gasteiger partial charge is 0.493 e. The number of hydrogen-bond acceptors (Lipinski definition) is 3. The number of rotatable bonds is 5. The number of ketones is 1. The van der Waals surface area contributed by atoms with Gasteiger partial charge in [-0.05, 0) is 44.2 Å². The van der Waals surface area contributed by atoms with Crippen LogP contribution in [0.25, 0.3) is 0 Å². The highest BCUT2D eigenvalue weighted by Gasteiger charge is 2.14. The van der Waals surface area contributed by atoms with Gasteiger partial charge >= 0.3 is 0 Å². The summed E-state index contributed by atoms with van der Waals surface area (Å²) >= 11 is 5.95. The van der Waals surface area contributed by atoms with Crippen LogP contribution < -0.4 is 10.1 Å². The van der Waals surface area contributed by atoms with Gasteiger partial charge in [0.05, 0.1) is 12.2 Å². The molecule has 0 saturated carbocycles. The van der Waals surface area contributed by atoms with E-state index in [0.717, 1.165) is 0 Å². The molecule has 0 bridgehead atoms. The fraction of sp³-hybridized carbons (Fsp3) is 0.176. The van der Waals surface area contributed by atoms with Crippen molar-refractivity contribution in [1.82, 2.24) is 0 Å². The Morgan fingerprint density at radius 1 is 1.18 bits per heavy atom. The Kier molecular flexibility index (Phi) is 5.17.